The van der Waals surface area contributed by atoms with E-state index in [4.69, 9.17) is 0 Å². The lowest BCUT2D eigenvalue weighted by atomic mass is 9.93. The molecule has 14 rings (SSSR count). The Kier molecular flexibility index (Phi) is 6.18. The van der Waals surface area contributed by atoms with E-state index in [-0.39, 0.29) is 0 Å². The van der Waals surface area contributed by atoms with Crippen LogP contribution in [0, 0.1) is 0 Å². The summed E-state index contributed by atoms with van der Waals surface area (Å²) in [5.74, 6) is 0.945. The molecule has 0 atom stereocenters. The number of rotatable bonds is 3. The van der Waals surface area contributed by atoms with Gasteiger partial charge in [0, 0.05) is 43.1 Å². The van der Waals surface area contributed by atoms with Crippen molar-refractivity contribution in [2.24, 2.45) is 0 Å². The van der Waals surface area contributed by atoms with Crippen LogP contribution < -0.4 is 0 Å². The Morgan fingerprint density at radius 3 is 1.30 bits per heavy atom. The highest BCUT2D eigenvalue weighted by Crippen LogP contribution is 2.47. The zero-order chi connectivity index (χ0) is 39.7. The first-order valence-corrected chi connectivity index (χ1v) is 21.5. The van der Waals surface area contributed by atoms with Crippen molar-refractivity contribution in [2.75, 3.05) is 0 Å². The van der Waals surface area contributed by atoms with Gasteiger partial charge in [0.25, 0.3) is 0 Å². The van der Waals surface area contributed by atoms with Crippen LogP contribution in [0.5, 0.6) is 0 Å². The van der Waals surface area contributed by atoms with E-state index in [1.165, 1.54) is 142 Å². The summed E-state index contributed by atoms with van der Waals surface area (Å²) in [6, 6.07) is 61.0. The summed E-state index contributed by atoms with van der Waals surface area (Å²) in [6.45, 7) is 9.15. The second-order valence-electron chi connectivity index (χ2n) is 18.2. The van der Waals surface area contributed by atoms with Gasteiger partial charge in [0.2, 0.25) is 0 Å². The molecule has 0 aliphatic carbocycles. The van der Waals surface area contributed by atoms with Crippen LogP contribution in [0.15, 0.2) is 158 Å². The first kappa shape index (κ1) is 32.8. The zero-order valence-electron chi connectivity index (χ0n) is 34.1. The number of benzene rings is 10. The number of hydrogen-bond donors (Lipinski definition) is 0. The molecule has 0 amide bonds. The van der Waals surface area contributed by atoms with E-state index in [0.717, 1.165) is 0 Å². The molecular weight excluding hydrogens is 725 g/mol. The lowest BCUT2D eigenvalue weighted by Crippen LogP contribution is -1.88. The molecule has 2 nitrogen and oxygen atoms in total. The average Bonchev–Trinajstić information content (AvgIpc) is 3.98. The SMILES string of the molecule is CC(C)c1ccc2cc3c(cc2c1)c1cc(-c2cccc4cc5c6cccc7c8cc9ccccc9cc8n(c5cc24)c76)cc2c4cc5cc(C(C)C)ccc5cc4n3c12. The Bertz CT molecular complexity index is 4040. The van der Waals surface area contributed by atoms with Crippen LogP contribution in [0.4, 0.5) is 0 Å². The summed E-state index contributed by atoms with van der Waals surface area (Å²) >= 11 is 0. The van der Waals surface area contributed by atoms with E-state index in [1.807, 2.05) is 0 Å². The summed E-state index contributed by atoms with van der Waals surface area (Å²) < 4.78 is 5.10. The Labute approximate surface area is 346 Å². The third kappa shape index (κ3) is 4.18. The van der Waals surface area contributed by atoms with Gasteiger partial charge in [0.15, 0.2) is 0 Å². The van der Waals surface area contributed by atoms with E-state index in [0.29, 0.717) is 11.8 Å². The summed E-state index contributed by atoms with van der Waals surface area (Å²) in [5, 5.41) is 20.8. The minimum absolute atomic E-state index is 0.473. The molecule has 0 bridgehead atoms. The molecule has 0 saturated heterocycles. The molecule has 0 fully saturated rings. The van der Waals surface area contributed by atoms with Gasteiger partial charge < -0.3 is 8.80 Å². The molecule has 0 aliphatic rings. The molecule has 14 aromatic rings. The van der Waals surface area contributed by atoms with Gasteiger partial charge in [-0.05, 0) is 138 Å². The van der Waals surface area contributed by atoms with Crippen molar-refractivity contribution in [1.82, 2.24) is 8.80 Å². The van der Waals surface area contributed by atoms with Crippen molar-refractivity contribution in [3.63, 3.8) is 0 Å². The summed E-state index contributed by atoms with van der Waals surface area (Å²) in [5.41, 5.74) is 13.0. The quantitative estimate of drug-likeness (QED) is 0.169. The van der Waals surface area contributed by atoms with Gasteiger partial charge >= 0.3 is 0 Å². The second kappa shape index (κ2) is 11.3. The highest BCUT2D eigenvalue weighted by molar-refractivity contribution is 6.29. The van der Waals surface area contributed by atoms with Crippen molar-refractivity contribution >= 4 is 119 Å². The third-order valence-electron chi connectivity index (χ3n) is 14.2. The van der Waals surface area contributed by atoms with E-state index in [1.54, 1.807) is 0 Å². The van der Waals surface area contributed by atoms with Crippen molar-refractivity contribution in [1.29, 1.82) is 0 Å². The van der Waals surface area contributed by atoms with E-state index in [9.17, 15) is 0 Å². The summed E-state index contributed by atoms with van der Waals surface area (Å²) in [6.07, 6.45) is 0. The predicted molar refractivity (Wildman–Crippen MR) is 259 cm³/mol. The molecule has 4 heterocycles. The minimum atomic E-state index is 0.473. The van der Waals surface area contributed by atoms with E-state index in [2.05, 4.69) is 194 Å². The predicted octanol–water partition coefficient (Wildman–Crippen LogP) is 16.5. The smallest absolute Gasteiger partial charge is 0.0620 e. The molecule has 282 valence electrons. The third-order valence-corrected chi connectivity index (χ3v) is 14.2. The first-order chi connectivity index (χ1) is 29.4. The van der Waals surface area contributed by atoms with Gasteiger partial charge in [-0.15, -0.1) is 0 Å². The fourth-order valence-electron chi connectivity index (χ4n) is 11.1. The Balaban J connectivity index is 1.10. The van der Waals surface area contributed by atoms with Gasteiger partial charge in [0.1, 0.15) is 0 Å². The molecular formula is C58H40N2. The standard InChI is InChI=1S/C58H40N2/c1-31(2)33-15-17-37-28-54-49(23-40(37)19-33)51-25-42(26-52-50-24-41-20-34(32(3)4)16-18-38(41)29-55(50)59(54)58(51)52)43-12-7-11-39-22-48-45-14-8-13-44-47-21-35-9-5-6-10-36(35)27-53(47)60(57(44)45)56(48)30-46(39)43/h5-32H,1-4H3. The normalized spacial score (nSPS) is 13.0. The van der Waals surface area contributed by atoms with Crippen LogP contribution in [-0.4, -0.2) is 8.80 Å². The van der Waals surface area contributed by atoms with Gasteiger partial charge in [0.05, 0.1) is 33.1 Å². The molecule has 0 spiro atoms. The number of aromatic nitrogens is 2. The van der Waals surface area contributed by atoms with Crippen molar-refractivity contribution in [3.05, 3.63) is 169 Å². The van der Waals surface area contributed by atoms with Gasteiger partial charge in [-0.3, -0.25) is 0 Å². The Morgan fingerprint density at radius 1 is 0.300 bits per heavy atom. The van der Waals surface area contributed by atoms with E-state index >= 15 is 0 Å². The van der Waals surface area contributed by atoms with Gasteiger partial charge in [-0.1, -0.05) is 125 Å². The van der Waals surface area contributed by atoms with Gasteiger partial charge in [-0.2, -0.15) is 0 Å². The van der Waals surface area contributed by atoms with Crippen molar-refractivity contribution < 1.29 is 0 Å². The van der Waals surface area contributed by atoms with Crippen molar-refractivity contribution in [2.45, 2.75) is 39.5 Å². The van der Waals surface area contributed by atoms with Crippen LogP contribution in [0.2, 0.25) is 0 Å². The summed E-state index contributed by atoms with van der Waals surface area (Å²) in [4.78, 5) is 0. The maximum absolute atomic E-state index is 2.56. The maximum atomic E-state index is 2.56. The summed E-state index contributed by atoms with van der Waals surface area (Å²) in [7, 11) is 0. The number of nitrogens with zero attached hydrogens (tertiary/aromatic N) is 2. The maximum Gasteiger partial charge on any atom is 0.0620 e. The van der Waals surface area contributed by atoms with Crippen LogP contribution in [0.3, 0.4) is 0 Å². The first-order valence-electron chi connectivity index (χ1n) is 21.5. The van der Waals surface area contributed by atoms with Crippen LogP contribution >= 0.6 is 0 Å². The lowest BCUT2D eigenvalue weighted by Gasteiger charge is -2.11. The fourth-order valence-corrected chi connectivity index (χ4v) is 11.1. The number of hydrogen-bond acceptors (Lipinski definition) is 0. The topological polar surface area (TPSA) is 8.82 Å². The molecule has 10 aromatic carbocycles. The second-order valence-corrected chi connectivity index (χ2v) is 18.2. The van der Waals surface area contributed by atoms with Crippen LogP contribution in [0.1, 0.15) is 50.7 Å². The highest BCUT2D eigenvalue weighted by atomic mass is 14.9. The number of fused-ring (bicyclic) bond motifs is 16. The van der Waals surface area contributed by atoms with E-state index < -0.39 is 0 Å². The Morgan fingerprint density at radius 2 is 0.733 bits per heavy atom. The molecule has 0 saturated carbocycles. The molecule has 0 radical (unpaired) electrons. The Hall–Kier alpha value is -7.16. The largest absolute Gasteiger partial charge is 0.308 e. The monoisotopic (exact) mass is 764 g/mol. The van der Waals surface area contributed by atoms with Crippen LogP contribution in [0.25, 0.3) is 130 Å². The zero-order valence-corrected chi connectivity index (χ0v) is 34.1. The fraction of sp³-hybridized carbons (Fsp3) is 0.103. The molecule has 2 heteroatoms. The highest BCUT2D eigenvalue weighted by Gasteiger charge is 2.23. The molecule has 0 unspecified atom stereocenters. The molecule has 4 aromatic heterocycles. The van der Waals surface area contributed by atoms with Crippen LogP contribution in [-0.2, 0) is 0 Å². The molecule has 0 aliphatic heterocycles. The number of para-hydroxylation sites is 1. The molecule has 0 N–H and O–H groups in total. The minimum Gasteiger partial charge on any atom is -0.308 e. The van der Waals surface area contributed by atoms with Crippen molar-refractivity contribution in [3.8, 4) is 11.1 Å². The lowest BCUT2D eigenvalue weighted by molar-refractivity contribution is 0.869. The van der Waals surface area contributed by atoms with Gasteiger partial charge in [-0.25, -0.2) is 0 Å². The average molecular weight is 765 g/mol. The molecule has 60 heavy (non-hydrogen) atoms.